The molecular formula is C15H21FN2O7. The highest BCUT2D eigenvalue weighted by Crippen LogP contribution is 2.25. The van der Waals surface area contributed by atoms with Crippen molar-refractivity contribution in [1.82, 2.24) is 9.96 Å². The van der Waals surface area contributed by atoms with E-state index in [1.165, 1.54) is 11.8 Å². The fraction of sp³-hybridized carbons (Fsp3) is 0.667. The number of alkyl halides is 1. The third-order valence-corrected chi connectivity index (χ3v) is 3.35. The summed E-state index contributed by atoms with van der Waals surface area (Å²) in [6.07, 6.45) is -3.61. The minimum Gasteiger partial charge on any atom is -0.431 e. The second-order valence-corrected chi connectivity index (χ2v) is 6.03. The van der Waals surface area contributed by atoms with Crippen molar-refractivity contribution in [3.8, 4) is 0 Å². The van der Waals surface area contributed by atoms with Crippen LogP contribution in [0.1, 0.15) is 27.7 Å². The molecule has 0 spiro atoms. The predicted molar refractivity (Wildman–Crippen MR) is 80.6 cm³/mol. The monoisotopic (exact) mass is 360 g/mol. The van der Waals surface area contributed by atoms with Crippen molar-refractivity contribution in [2.24, 2.45) is 0 Å². The van der Waals surface area contributed by atoms with Crippen molar-refractivity contribution in [1.29, 1.82) is 0 Å². The minimum atomic E-state index is -2.54. The van der Waals surface area contributed by atoms with Gasteiger partial charge in [-0.1, -0.05) is 11.6 Å². The Bertz CT molecular complexity index is 580. The normalized spacial score (nSPS) is 21.8. The Morgan fingerprint density at radius 3 is 2.56 bits per heavy atom. The number of urea groups is 1. The third kappa shape index (κ3) is 4.81. The van der Waals surface area contributed by atoms with E-state index in [4.69, 9.17) is 9.57 Å². The van der Waals surface area contributed by atoms with Crippen LogP contribution in [0, 0.1) is 0 Å². The molecule has 0 radical (unpaired) electrons. The number of nitrogens with zero attached hydrogens (tertiary/aromatic N) is 2. The molecule has 3 atom stereocenters. The van der Waals surface area contributed by atoms with Gasteiger partial charge in [-0.25, -0.2) is 23.6 Å². The van der Waals surface area contributed by atoms with Gasteiger partial charge in [0.05, 0.1) is 12.1 Å². The van der Waals surface area contributed by atoms with Gasteiger partial charge in [-0.05, 0) is 20.8 Å². The van der Waals surface area contributed by atoms with Crippen LogP contribution in [-0.4, -0.2) is 66.0 Å². The molecule has 2 rings (SSSR count). The number of carbonyl (C=O) groups excluding carboxylic acids is 3. The van der Waals surface area contributed by atoms with Crippen LogP contribution in [0.25, 0.3) is 0 Å². The summed E-state index contributed by atoms with van der Waals surface area (Å²) in [5.74, 6) is -1.42. The van der Waals surface area contributed by atoms with Gasteiger partial charge in [-0.3, -0.25) is 0 Å². The second-order valence-electron chi connectivity index (χ2n) is 6.03. The molecule has 0 aliphatic carbocycles. The molecule has 1 fully saturated rings. The third-order valence-electron chi connectivity index (χ3n) is 3.35. The summed E-state index contributed by atoms with van der Waals surface area (Å²) in [5, 5.41) is 0.807. The lowest BCUT2D eigenvalue weighted by molar-refractivity contribution is -0.234. The number of carbonyl (C=O) groups is 3. The fourth-order valence-corrected chi connectivity index (χ4v) is 2.46. The first-order valence-corrected chi connectivity index (χ1v) is 7.81. The molecule has 10 heteroatoms. The van der Waals surface area contributed by atoms with Crippen LogP contribution in [0.4, 0.5) is 14.0 Å². The van der Waals surface area contributed by atoms with E-state index in [-0.39, 0.29) is 0 Å². The molecule has 2 aliphatic rings. The molecule has 2 amide bonds. The molecule has 2 bridgehead atoms. The van der Waals surface area contributed by atoms with Crippen molar-refractivity contribution in [2.45, 2.75) is 52.5 Å². The van der Waals surface area contributed by atoms with E-state index in [0.717, 1.165) is 10.6 Å². The van der Waals surface area contributed by atoms with Crippen LogP contribution in [0.15, 0.2) is 11.6 Å². The molecule has 2 heterocycles. The summed E-state index contributed by atoms with van der Waals surface area (Å²) in [6.45, 7) is 7.07. The molecular weight excluding hydrogens is 339 g/mol. The van der Waals surface area contributed by atoms with Gasteiger partial charge in [-0.2, -0.15) is 5.06 Å². The molecule has 9 nitrogen and oxygen atoms in total. The lowest BCUT2D eigenvalue weighted by atomic mass is 10.1. The summed E-state index contributed by atoms with van der Waals surface area (Å²) < 4.78 is 27.9. The van der Waals surface area contributed by atoms with Crippen LogP contribution in [0.3, 0.4) is 0 Å². The summed E-state index contributed by atoms with van der Waals surface area (Å²) in [6, 6.07) is -1.000. The standard InChI is InChI=1S/C15H21FN2O7/c1-8(2)22-15(21)24-10(4)23-13(19)12(16)25-18-11-5-9(3)6-17(7-11)14(18)20/h5,8,10-12H,6-7H2,1-4H3/t10?,11-,12-/m0/s1. The van der Waals surface area contributed by atoms with Gasteiger partial charge in [0.25, 0.3) is 0 Å². The van der Waals surface area contributed by atoms with E-state index in [1.807, 2.05) is 6.92 Å². The molecule has 0 aromatic rings. The average molecular weight is 360 g/mol. The van der Waals surface area contributed by atoms with Gasteiger partial charge in [0, 0.05) is 20.0 Å². The first-order chi connectivity index (χ1) is 11.7. The van der Waals surface area contributed by atoms with Crippen molar-refractivity contribution >= 4 is 18.2 Å². The van der Waals surface area contributed by atoms with Crippen LogP contribution in [-0.2, 0) is 23.8 Å². The number of hydrogen-bond acceptors (Lipinski definition) is 7. The maximum atomic E-state index is 14.0. The van der Waals surface area contributed by atoms with Crippen LogP contribution in [0.2, 0.25) is 0 Å². The number of rotatable bonds is 6. The van der Waals surface area contributed by atoms with E-state index in [2.05, 4.69) is 9.47 Å². The second kappa shape index (κ2) is 7.68. The molecule has 25 heavy (non-hydrogen) atoms. The zero-order valence-corrected chi connectivity index (χ0v) is 14.4. The Kier molecular flexibility index (Phi) is 5.83. The largest absolute Gasteiger partial charge is 0.511 e. The first-order valence-electron chi connectivity index (χ1n) is 7.81. The highest BCUT2D eigenvalue weighted by atomic mass is 19.1. The smallest absolute Gasteiger partial charge is 0.431 e. The van der Waals surface area contributed by atoms with Crippen LogP contribution >= 0.6 is 0 Å². The van der Waals surface area contributed by atoms with E-state index in [1.54, 1.807) is 19.9 Å². The van der Waals surface area contributed by atoms with Crippen LogP contribution < -0.4 is 0 Å². The number of hydrogen-bond donors (Lipinski definition) is 0. The zero-order valence-electron chi connectivity index (χ0n) is 14.4. The Balaban J connectivity index is 1.84. The minimum absolute atomic E-state index is 0.360. The summed E-state index contributed by atoms with van der Waals surface area (Å²) >= 11 is 0. The Morgan fingerprint density at radius 2 is 1.92 bits per heavy atom. The van der Waals surface area contributed by atoms with Crippen LogP contribution in [0.5, 0.6) is 0 Å². The summed E-state index contributed by atoms with van der Waals surface area (Å²) in [5.41, 5.74) is 0.944. The number of hydroxylamine groups is 2. The van der Waals surface area contributed by atoms with E-state index >= 15 is 0 Å². The molecule has 0 aromatic carbocycles. The van der Waals surface area contributed by atoms with Crippen molar-refractivity contribution in [3.63, 3.8) is 0 Å². The SMILES string of the molecule is CC1=C[C@H]2CN(C1)C(=O)N2O[C@H](F)C(=O)OC(C)OC(=O)OC(C)C. The summed E-state index contributed by atoms with van der Waals surface area (Å²) in [7, 11) is 0. The summed E-state index contributed by atoms with van der Waals surface area (Å²) in [4.78, 5) is 41.3. The molecule has 1 unspecified atom stereocenters. The maximum Gasteiger partial charge on any atom is 0.511 e. The highest BCUT2D eigenvalue weighted by Gasteiger charge is 2.42. The van der Waals surface area contributed by atoms with E-state index < -0.39 is 42.9 Å². The fourth-order valence-electron chi connectivity index (χ4n) is 2.46. The average Bonchev–Trinajstić information content (AvgIpc) is 2.69. The Hall–Kier alpha value is -2.36. The molecule has 1 saturated heterocycles. The molecule has 2 aliphatic heterocycles. The van der Waals surface area contributed by atoms with E-state index in [9.17, 15) is 18.8 Å². The zero-order chi connectivity index (χ0) is 18.7. The van der Waals surface area contributed by atoms with Gasteiger partial charge in [-0.15, -0.1) is 0 Å². The lowest BCUT2D eigenvalue weighted by Gasteiger charge is -2.22. The van der Waals surface area contributed by atoms with E-state index in [0.29, 0.717) is 13.1 Å². The number of esters is 1. The number of fused-ring (bicyclic) bond motifs is 2. The number of halogens is 1. The topological polar surface area (TPSA) is 94.6 Å². The number of ether oxygens (including phenoxy) is 3. The lowest BCUT2D eigenvalue weighted by Crippen LogP contribution is -2.39. The molecule has 0 aromatic heterocycles. The van der Waals surface area contributed by atoms with Gasteiger partial charge >= 0.3 is 24.5 Å². The maximum absolute atomic E-state index is 14.0. The molecule has 0 N–H and O–H groups in total. The van der Waals surface area contributed by atoms with Crippen molar-refractivity contribution in [3.05, 3.63) is 11.6 Å². The quantitative estimate of drug-likeness (QED) is 0.404. The van der Waals surface area contributed by atoms with Gasteiger partial charge < -0.3 is 19.1 Å². The van der Waals surface area contributed by atoms with Gasteiger partial charge in [0.15, 0.2) is 0 Å². The number of amides is 2. The molecule has 0 saturated carbocycles. The Labute approximate surface area is 144 Å². The van der Waals surface area contributed by atoms with Gasteiger partial charge in [0.2, 0.25) is 6.29 Å². The first kappa shape index (κ1) is 19.0. The van der Waals surface area contributed by atoms with Crippen molar-refractivity contribution in [2.75, 3.05) is 13.1 Å². The predicted octanol–water partition coefficient (Wildman–Crippen LogP) is 1.73. The van der Waals surface area contributed by atoms with Crippen molar-refractivity contribution < 1.29 is 37.8 Å². The van der Waals surface area contributed by atoms with Gasteiger partial charge in [0.1, 0.15) is 0 Å². The Morgan fingerprint density at radius 1 is 1.24 bits per heavy atom. The highest BCUT2D eigenvalue weighted by molar-refractivity contribution is 5.78. The molecule has 140 valence electrons.